The van der Waals surface area contributed by atoms with Gasteiger partial charge in [-0.15, -0.1) is 13.2 Å². The van der Waals surface area contributed by atoms with Crippen molar-refractivity contribution in [3.8, 4) is 28.4 Å². The van der Waals surface area contributed by atoms with Gasteiger partial charge in [-0.3, -0.25) is 4.68 Å². The molecule has 0 spiro atoms. The summed E-state index contributed by atoms with van der Waals surface area (Å²) in [7, 11) is 1.86. The van der Waals surface area contributed by atoms with E-state index in [4.69, 9.17) is 0 Å². The van der Waals surface area contributed by atoms with Gasteiger partial charge < -0.3 is 11.1 Å². The summed E-state index contributed by atoms with van der Waals surface area (Å²) in [4.78, 5) is 7.89. The zero-order valence-electron chi connectivity index (χ0n) is 19.0. The Morgan fingerprint density at radius 1 is 1.03 bits per heavy atom. The van der Waals surface area contributed by atoms with Crippen LogP contribution in [0, 0.1) is 0 Å². The van der Waals surface area contributed by atoms with E-state index in [1.54, 1.807) is 35.0 Å². The Hall–Kier alpha value is -2.29. The molecule has 5 nitrogen and oxygen atoms in total. The number of halogens is 3. The molecule has 1 N–H and O–H groups in total. The largest absolute Gasteiger partial charge is 1.00 e. The van der Waals surface area contributed by atoms with Crippen molar-refractivity contribution in [1.82, 2.24) is 19.7 Å². The third-order valence-corrected chi connectivity index (χ3v) is 4.80. The van der Waals surface area contributed by atoms with E-state index < -0.39 is 6.36 Å². The van der Waals surface area contributed by atoms with Crippen molar-refractivity contribution < 1.29 is 48.9 Å². The molecule has 2 heterocycles. The molecule has 9 heteroatoms. The number of ether oxygens (including phenoxy) is 1. The third kappa shape index (κ3) is 4.97. The minimum atomic E-state index is -4.76. The van der Waals surface area contributed by atoms with Crippen LogP contribution in [0.5, 0.6) is 5.75 Å². The van der Waals surface area contributed by atoms with E-state index in [9.17, 15) is 13.2 Å². The molecule has 0 fully saturated rings. The number of aromatic amines is 1. The summed E-state index contributed by atoms with van der Waals surface area (Å²) in [5.41, 5.74) is 4.04. The zero-order valence-corrected chi connectivity index (χ0v) is 20.0. The molecule has 0 atom stereocenters. The Morgan fingerprint density at radius 3 is 2.39 bits per heavy atom. The number of alkyl halides is 3. The molecule has 0 saturated carbocycles. The number of hydrogen-bond donors (Lipinski definition) is 1. The van der Waals surface area contributed by atoms with Crippen molar-refractivity contribution in [2.45, 2.75) is 32.5 Å². The number of benzene rings is 2. The molecular formula is C22H22F3N4NaO. The number of aryl methyl sites for hydroxylation is 1. The number of para-hydroxylation sites is 1. The van der Waals surface area contributed by atoms with E-state index in [1.807, 2.05) is 13.1 Å². The molecule has 0 aliphatic rings. The second-order valence-corrected chi connectivity index (χ2v) is 8.15. The molecule has 2 aromatic heterocycles. The minimum Gasteiger partial charge on any atom is -1.00 e. The molecule has 0 aliphatic heterocycles. The average molecular weight is 438 g/mol. The summed E-state index contributed by atoms with van der Waals surface area (Å²) in [6.07, 6.45) is -4.76. The first-order chi connectivity index (χ1) is 14.0. The van der Waals surface area contributed by atoms with Crippen LogP contribution >= 0.6 is 0 Å². The Labute approximate surface area is 201 Å². The normalized spacial score (nSPS) is 12.1. The van der Waals surface area contributed by atoms with E-state index in [-0.39, 0.29) is 42.1 Å². The van der Waals surface area contributed by atoms with Crippen LogP contribution in [0.15, 0.2) is 48.5 Å². The molecule has 0 unspecified atom stereocenters. The number of imidazole rings is 1. The Balaban J connectivity index is 0.00000181. The first-order valence-corrected chi connectivity index (χ1v) is 9.41. The summed E-state index contributed by atoms with van der Waals surface area (Å²) in [5.74, 6) is 0.401. The molecule has 31 heavy (non-hydrogen) atoms. The fourth-order valence-electron chi connectivity index (χ4n) is 3.27. The SMILES string of the molecule is Cn1nc(C(C)(C)C)cc1-c1nc2ccc(-c3ccccc3OC(F)(F)F)cc2[nH]1.[H-].[Na+]. The maximum atomic E-state index is 12.8. The molecule has 0 radical (unpaired) electrons. The fourth-order valence-corrected chi connectivity index (χ4v) is 3.27. The monoisotopic (exact) mass is 438 g/mol. The summed E-state index contributed by atoms with van der Waals surface area (Å²) in [5, 5.41) is 4.57. The number of nitrogens with zero attached hydrogens (tertiary/aromatic N) is 3. The van der Waals surface area contributed by atoms with Gasteiger partial charge in [0.25, 0.3) is 0 Å². The summed E-state index contributed by atoms with van der Waals surface area (Å²) in [6, 6.07) is 13.3. The summed E-state index contributed by atoms with van der Waals surface area (Å²) < 4.78 is 44.2. The summed E-state index contributed by atoms with van der Waals surface area (Å²) in [6.45, 7) is 6.26. The standard InChI is InChI=1S/C22H21F3N4O.Na.H/c1-21(2,3)19-12-17(29(4)28-19)20-26-15-10-9-13(11-16(15)27-20)14-7-5-6-8-18(14)30-22(23,24)25;;/h5-12H,1-4H3,(H,26,27);;/q;+1;-1. The van der Waals surface area contributed by atoms with Crippen molar-refractivity contribution in [2.75, 3.05) is 0 Å². The molecule has 158 valence electrons. The van der Waals surface area contributed by atoms with Gasteiger partial charge in [-0.1, -0.05) is 45.0 Å². The molecule has 0 saturated heterocycles. The van der Waals surface area contributed by atoms with Crippen LogP contribution in [-0.4, -0.2) is 26.1 Å². The number of nitrogens with one attached hydrogen (secondary N) is 1. The van der Waals surface area contributed by atoms with Gasteiger partial charge in [0.05, 0.1) is 16.7 Å². The van der Waals surface area contributed by atoms with Gasteiger partial charge in [-0.25, -0.2) is 4.98 Å². The van der Waals surface area contributed by atoms with Gasteiger partial charge >= 0.3 is 35.9 Å². The number of H-pyrrole nitrogens is 1. The number of rotatable bonds is 3. The Bertz CT molecular complexity index is 1230. The predicted molar refractivity (Wildman–Crippen MR) is 110 cm³/mol. The Morgan fingerprint density at radius 2 is 1.74 bits per heavy atom. The minimum absolute atomic E-state index is 0. The van der Waals surface area contributed by atoms with E-state index in [0.717, 1.165) is 11.4 Å². The van der Waals surface area contributed by atoms with Crippen LogP contribution in [0.2, 0.25) is 0 Å². The second kappa shape index (κ2) is 8.33. The molecular weight excluding hydrogens is 416 g/mol. The van der Waals surface area contributed by atoms with Crippen molar-refractivity contribution in [3.05, 3.63) is 54.2 Å². The van der Waals surface area contributed by atoms with Crippen LogP contribution in [0.25, 0.3) is 33.7 Å². The molecule has 4 rings (SSSR count). The third-order valence-electron chi connectivity index (χ3n) is 4.80. The zero-order chi connectivity index (χ0) is 21.7. The Kier molecular flexibility index (Phi) is 6.28. The number of hydrogen-bond acceptors (Lipinski definition) is 3. The smallest absolute Gasteiger partial charge is 1.00 e. The molecule has 0 amide bonds. The molecule has 0 bridgehead atoms. The van der Waals surface area contributed by atoms with Crippen molar-refractivity contribution >= 4 is 11.0 Å². The topological polar surface area (TPSA) is 55.7 Å². The average Bonchev–Trinajstić information content (AvgIpc) is 3.23. The van der Waals surface area contributed by atoms with Crippen LogP contribution < -0.4 is 34.3 Å². The fraction of sp³-hybridized carbons (Fsp3) is 0.273. The first kappa shape index (κ1) is 23.4. The molecule has 0 aliphatic carbocycles. The van der Waals surface area contributed by atoms with Crippen LogP contribution in [0.3, 0.4) is 0 Å². The van der Waals surface area contributed by atoms with Gasteiger partial charge in [-0.2, -0.15) is 5.10 Å². The molecule has 2 aromatic carbocycles. The number of fused-ring (bicyclic) bond motifs is 1. The van der Waals surface area contributed by atoms with Crippen LogP contribution in [-0.2, 0) is 12.5 Å². The summed E-state index contributed by atoms with van der Waals surface area (Å²) >= 11 is 0. The van der Waals surface area contributed by atoms with E-state index >= 15 is 0 Å². The van der Waals surface area contributed by atoms with E-state index in [2.05, 4.69) is 40.6 Å². The van der Waals surface area contributed by atoms with Crippen LogP contribution in [0.1, 0.15) is 27.9 Å². The van der Waals surface area contributed by atoms with Crippen molar-refractivity contribution in [1.29, 1.82) is 0 Å². The first-order valence-electron chi connectivity index (χ1n) is 9.41. The van der Waals surface area contributed by atoms with Crippen molar-refractivity contribution in [2.24, 2.45) is 7.05 Å². The van der Waals surface area contributed by atoms with Gasteiger partial charge in [0.15, 0.2) is 5.82 Å². The maximum Gasteiger partial charge on any atom is 1.00 e. The van der Waals surface area contributed by atoms with Gasteiger partial charge in [0.1, 0.15) is 11.4 Å². The van der Waals surface area contributed by atoms with Gasteiger partial charge in [-0.05, 0) is 29.8 Å². The predicted octanol–water partition coefficient (Wildman–Crippen LogP) is 2.94. The molecule has 4 aromatic rings. The van der Waals surface area contributed by atoms with E-state index in [0.29, 0.717) is 28.0 Å². The van der Waals surface area contributed by atoms with Crippen molar-refractivity contribution in [3.63, 3.8) is 0 Å². The second-order valence-electron chi connectivity index (χ2n) is 8.15. The number of aromatic nitrogens is 4. The van der Waals surface area contributed by atoms with Gasteiger partial charge in [0, 0.05) is 18.0 Å². The van der Waals surface area contributed by atoms with Gasteiger partial charge in [0.2, 0.25) is 0 Å². The maximum absolute atomic E-state index is 12.8. The van der Waals surface area contributed by atoms with Crippen LogP contribution in [0.4, 0.5) is 13.2 Å². The quantitative estimate of drug-likeness (QED) is 0.501. The van der Waals surface area contributed by atoms with E-state index in [1.165, 1.54) is 12.1 Å².